The molecule has 1 heterocycles. The summed E-state index contributed by atoms with van der Waals surface area (Å²) in [7, 11) is 0. The first kappa shape index (κ1) is 17.6. The van der Waals surface area contributed by atoms with Crippen LogP contribution in [0.4, 0.5) is 0 Å². The molecule has 0 unspecified atom stereocenters. The van der Waals surface area contributed by atoms with Crippen LogP contribution in [0.25, 0.3) is 0 Å². The third-order valence-corrected chi connectivity index (χ3v) is 3.22. The molecular weight excluding hydrogens is 290 g/mol. The number of nitrogens with zero attached hydrogens (tertiary/aromatic N) is 1. The Morgan fingerprint density at radius 1 is 1.23 bits per heavy atom. The summed E-state index contributed by atoms with van der Waals surface area (Å²) in [5.74, 6) is -2.52. The fraction of sp³-hybridized carbons (Fsp3) is 0.467. The van der Waals surface area contributed by atoms with E-state index < -0.39 is 17.4 Å². The summed E-state index contributed by atoms with van der Waals surface area (Å²) in [6.07, 6.45) is 1.92. The van der Waals surface area contributed by atoms with Gasteiger partial charge in [0.25, 0.3) is 0 Å². The first-order chi connectivity index (χ1) is 10.3. The van der Waals surface area contributed by atoms with Gasteiger partial charge in [-0.2, -0.15) is 0 Å². The third-order valence-electron chi connectivity index (χ3n) is 3.22. The number of rotatable bonds is 7. The number of carbonyl (C=O) groups is 3. The Labute approximate surface area is 128 Å². The van der Waals surface area contributed by atoms with Gasteiger partial charge >= 0.3 is 17.9 Å². The number of aromatic nitrogens is 1. The van der Waals surface area contributed by atoms with Gasteiger partial charge in [-0.1, -0.05) is 6.92 Å². The van der Waals surface area contributed by atoms with Crippen molar-refractivity contribution in [3.8, 4) is 0 Å². The second-order valence-corrected chi connectivity index (χ2v) is 5.21. The number of ether oxygens (including phenoxy) is 2. The van der Waals surface area contributed by atoms with Crippen LogP contribution in [0.15, 0.2) is 18.3 Å². The van der Waals surface area contributed by atoms with Crippen LogP contribution in [0.5, 0.6) is 0 Å². The highest BCUT2D eigenvalue weighted by Crippen LogP contribution is 2.21. The second kappa shape index (κ2) is 7.53. The number of hydrogen-bond donors (Lipinski definition) is 1. The van der Waals surface area contributed by atoms with Crippen molar-refractivity contribution in [1.29, 1.82) is 0 Å². The molecule has 7 heteroatoms. The largest absolute Gasteiger partial charge is 0.478 e. The zero-order valence-electron chi connectivity index (χ0n) is 12.8. The van der Waals surface area contributed by atoms with Crippen molar-refractivity contribution in [1.82, 2.24) is 4.98 Å². The van der Waals surface area contributed by atoms with E-state index in [9.17, 15) is 14.4 Å². The predicted octanol–water partition coefficient (Wildman–Crippen LogP) is 1.92. The molecule has 1 rings (SSSR count). The van der Waals surface area contributed by atoms with E-state index in [1.807, 2.05) is 6.92 Å². The molecule has 0 atom stereocenters. The lowest BCUT2D eigenvalue weighted by molar-refractivity contribution is -0.155. The van der Waals surface area contributed by atoms with Crippen molar-refractivity contribution in [2.45, 2.75) is 27.2 Å². The van der Waals surface area contributed by atoms with Crippen LogP contribution in [0, 0.1) is 5.41 Å². The summed E-state index contributed by atoms with van der Waals surface area (Å²) >= 11 is 0. The average Bonchev–Trinajstić information content (AvgIpc) is 2.50. The Morgan fingerprint density at radius 3 is 2.45 bits per heavy atom. The first-order valence-corrected chi connectivity index (χ1v) is 6.82. The summed E-state index contributed by atoms with van der Waals surface area (Å²) in [6.45, 7) is 5.13. The van der Waals surface area contributed by atoms with Crippen LogP contribution in [-0.4, -0.2) is 41.2 Å². The van der Waals surface area contributed by atoms with Crippen LogP contribution >= 0.6 is 0 Å². The first-order valence-electron chi connectivity index (χ1n) is 6.82. The lowest BCUT2D eigenvalue weighted by Crippen LogP contribution is -2.27. The molecule has 0 amide bonds. The molecule has 0 aliphatic carbocycles. The van der Waals surface area contributed by atoms with E-state index in [0.717, 1.165) is 0 Å². The fourth-order valence-corrected chi connectivity index (χ4v) is 1.42. The Balaban J connectivity index is 2.52. The predicted molar refractivity (Wildman–Crippen MR) is 76.5 cm³/mol. The van der Waals surface area contributed by atoms with Crippen molar-refractivity contribution in [2.75, 3.05) is 13.2 Å². The van der Waals surface area contributed by atoms with Crippen LogP contribution < -0.4 is 0 Å². The number of esters is 2. The van der Waals surface area contributed by atoms with E-state index in [4.69, 9.17) is 14.6 Å². The van der Waals surface area contributed by atoms with Gasteiger partial charge in [0.2, 0.25) is 0 Å². The molecule has 0 fully saturated rings. The fourth-order valence-electron chi connectivity index (χ4n) is 1.42. The Bertz CT molecular complexity index is 567. The van der Waals surface area contributed by atoms with E-state index in [1.165, 1.54) is 18.3 Å². The lowest BCUT2D eigenvalue weighted by Gasteiger charge is -2.20. The SMILES string of the molecule is CCC(C)(C)C(=O)OCCOC(=O)c1ncccc1C(=O)O. The van der Waals surface area contributed by atoms with Crippen molar-refractivity contribution in [2.24, 2.45) is 5.41 Å². The Morgan fingerprint density at radius 2 is 1.86 bits per heavy atom. The molecule has 0 spiro atoms. The number of carboxylic acid groups (broad SMARTS) is 1. The molecule has 0 aliphatic rings. The minimum atomic E-state index is -1.27. The van der Waals surface area contributed by atoms with Crippen molar-refractivity contribution >= 4 is 17.9 Å². The molecule has 1 N–H and O–H groups in total. The molecule has 0 saturated heterocycles. The molecule has 0 radical (unpaired) electrons. The third kappa shape index (κ3) is 4.54. The molecule has 0 aromatic carbocycles. The zero-order valence-corrected chi connectivity index (χ0v) is 12.8. The normalized spacial score (nSPS) is 10.9. The van der Waals surface area contributed by atoms with E-state index in [1.54, 1.807) is 13.8 Å². The number of carboxylic acids is 1. The Hall–Kier alpha value is -2.44. The molecule has 0 saturated carbocycles. The van der Waals surface area contributed by atoms with Gasteiger partial charge < -0.3 is 14.6 Å². The summed E-state index contributed by atoms with van der Waals surface area (Å²) < 4.78 is 9.88. The molecular formula is C15H19NO6. The highest BCUT2D eigenvalue weighted by molar-refractivity contribution is 6.00. The van der Waals surface area contributed by atoms with Crippen LogP contribution in [0.2, 0.25) is 0 Å². The van der Waals surface area contributed by atoms with E-state index in [-0.39, 0.29) is 30.4 Å². The van der Waals surface area contributed by atoms with Gasteiger partial charge in [0.1, 0.15) is 13.2 Å². The van der Waals surface area contributed by atoms with Gasteiger partial charge in [0.15, 0.2) is 5.69 Å². The number of hydrogen-bond acceptors (Lipinski definition) is 6. The monoisotopic (exact) mass is 309 g/mol. The summed E-state index contributed by atoms with van der Waals surface area (Å²) in [4.78, 5) is 38.2. The highest BCUT2D eigenvalue weighted by atomic mass is 16.6. The van der Waals surface area contributed by atoms with Crippen molar-refractivity contribution in [3.05, 3.63) is 29.6 Å². The summed E-state index contributed by atoms with van der Waals surface area (Å²) in [6, 6.07) is 2.67. The smallest absolute Gasteiger partial charge is 0.357 e. The molecule has 120 valence electrons. The van der Waals surface area contributed by atoms with Gasteiger partial charge in [-0.15, -0.1) is 0 Å². The van der Waals surface area contributed by atoms with E-state index in [2.05, 4.69) is 4.98 Å². The molecule has 7 nitrogen and oxygen atoms in total. The Kier molecular flexibility index (Phi) is 6.03. The van der Waals surface area contributed by atoms with Crippen LogP contribution in [0.3, 0.4) is 0 Å². The van der Waals surface area contributed by atoms with Crippen molar-refractivity contribution < 1.29 is 29.0 Å². The maximum atomic E-state index is 11.8. The number of aromatic carboxylic acids is 1. The van der Waals surface area contributed by atoms with E-state index in [0.29, 0.717) is 6.42 Å². The van der Waals surface area contributed by atoms with E-state index >= 15 is 0 Å². The second-order valence-electron chi connectivity index (χ2n) is 5.21. The molecule has 1 aromatic heterocycles. The van der Waals surface area contributed by atoms with Gasteiger partial charge in [-0.05, 0) is 32.4 Å². The minimum absolute atomic E-state index is 0.0940. The van der Waals surface area contributed by atoms with Crippen LogP contribution in [-0.2, 0) is 14.3 Å². The van der Waals surface area contributed by atoms with Gasteiger partial charge in [0.05, 0.1) is 11.0 Å². The van der Waals surface area contributed by atoms with Gasteiger partial charge in [-0.3, -0.25) is 4.79 Å². The van der Waals surface area contributed by atoms with Crippen LogP contribution in [0.1, 0.15) is 48.0 Å². The molecule has 0 bridgehead atoms. The molecule has 1 aromatic rings. The molecule has 22 heavy (non-hydrogen) atoms. The summed E-state index contributed by atoms with van der Waals surface area (Å²) in [5, 5.41) is 8.96. The summed E-state index contributed by atoms with van der Waals surface area (Å²) in [5.41, 5.74) is -1.12. The minimum Gasteiger partial charge on any atom is -0.478 e. The molecule has 0 aliphatic heterocycles. The maximum absolute atomic E-state index is 11.8. The number of carbonyl (C=O) groups excluding carboxylic acids is 2. The van der Waals surface area contributed by atoms with Crippen molar-refractivity contribution in [3.63, 3.8) is 0 Å². The average molecular weight is 309 g/mol. The highest BCUT2D eigenvalue weighted by Gasteiger charge is 2.27. The quantitative estimate of drug-likeness (QED) is 0.606. The van der Waals surface area contributed by atoms with Gasteiger partial charge in [0, 0.05) is 6.20 Å². The topological polar surface area (TPSA) is 103 Å². The standard InChI is InChI=1S/C15H19NO6/c1-4-15(2,3)14(20)22-9-8-21-13(19)11-10(12(17)18)6-5-7-16-11/h5-7H,4,8-9H2,1-3H3,(H,17,18). The zero-order chi connectivity index (χ0) is 16.8. The number of pyridine rings is 1. The maximum Gasteiger partial charge on any atom is 0.357 e. The lowest BCUT2D eigenvalue weighted by atomic mass is 9.91. The van der Waals surface area contributed by atoms with Gasteiger partial charge in [-0.25, -0.2) is 14.6 Å².